The minimum Gasteiger partial charge on any atom is -0.497 e. The van der Waals surface area contributed by atoms with E-state index in [1.165, 1.54) is 73.5 Å². The molecule has 4 rings (SSSR count). The van der Waals surface area contributed by atoms with Gasteiger partial charge in [0.15, 0.2) is 5.78 Å². The van der Waals surface area contributed by atoms with Crippen LogP contribution >= 0.6 is 9.24 Å². The van der Waals surface area contributed by atoms with Gasteiger partial charge < -0.3 is 23.8 Å². The van der Waals surface area contributed by atoms with Crippen molar-refractivity contribution in [2.75, 3.05) is 46.0 Å². The molecule has 43 heavy (non-hydrogen) atoms. The maximum absolute atomic E-state index is 15.5. The highest BCUT2D eigenvalue weighted by Crippen LogP contribution is 2.40. The molecule has 0 spiro atoms. The lowest BCUT2D eigenvalue weighted by Gasteiger charge is -2.21. The van der Waals surface area contributed by atoms with E-state index in [9.17, 15) is 23.2 Å². The quantitative estimate of drug-likeness (QED) is 0.211. The predicted molar refractivity (Wildman–Crippen MR) is 154 cm³/mol. The molecule has 0 saturated carbocycles. The molecule has 3 atom stereocenters. The summed E-state index contributed by atoms with van der Waals surface area (Å²) in [4.78, 5) is 42.1. The second-order valence-corrected chi connectivity index (χ2v) is 10.5. The van der Waals surface area contributed by atoms with Crippen LogP contribution in [0.25, 0.3) is 0 Å². The maximum atomic E-state index is 15.5. The van der Waals surface area contributed by atoms with Gasteiger partial charge in [-0.05, 0) is 41.7 Å². The number of hydrogen-bond acceptors (Lipinski definition) is 8. The monoisotopic (exact) mass is 621 g/mol. The minimum absolute atomic E-state index is 0.00452. The van der Waals surface area contributed by atoms with Crippen molar-refractivity contribution >= 4 is 31.9 Å². The van der Waals surface area contributed by atoms with Gasteiger partial charge in [0.1, 0.15) is 29.0 Å². The molecule has 1 amide bonds. The third-order valence-electron chi connectivity index (χ3n) is 7.20. The summed E-state index contributed by atoms with van der Waals surface area (Å²) in [6.45, 7) is -2.89. The fourth-order valence-electron chi connectivity index (χ4n) is 5.24. The number of rotatable bonds is 13. The molecule has 0 N–H and O–H groups in total. The summed E-state index contributed by atoms with van der Waals surface area (Å²) in [5.41, 5.74) is -0.242. The first-order valence-electron chi connectivity index (χ1n) is 13.2. The average molecular weight is 622 g/mol. The van der Waals surface area contributed by atoms with Crippen LogP contribution in [0.5, 0.6) is 11.5 Å². The Hall–Kier alpha value is -3.80. The number of carbonyl (C=O) groups is 2. The first-order valence-corrected chi connectivity index (χ1v) is 13.7. The first-order chi connectivity index (χ1) is 20.6. The molecule has 230 valence electrons. The Bertz CT molecular complexity index is 1490. The van der Waals surface area contributed by atoms with Gasteiger partial charge in [-0.1, -0.05) is 0 Å². The number of ether oxygens (including phenoxy) is 4. The van der Waals surface area contributed by atoms with Crippen LogP contribution in [0, 0.1) is 11.7 Å². The van der Waals surface area contributed by atoms with Gasteiger partial charge in [0.25, 0.3) is 5.56 Å². The number of halogens is 3. The first kappa shape index (κ1) is 32.1. The van der Waals surface area contributed by atoms with E-state index in [1.54, 1.807) is 6.07 Å². The molecule has 1 aliphatic rings. The van der Waals surface area contributed by atoms with Gasteiger partial charge in [-0.2, -0.15) is 13.9 Å². The Kier molecular flexibility index (Phi) is 10.5. The van der Waals surface area contributed by atoms with Crippen molar-refractivity contribution in [3.05, 3.63) is 76.0 Å². The molecule has 2 aromatic carbocycles. The van der Waals surface area contributed by atoms with Crippen molar-refractivity contribution in [1.82, 2.24) is 9.78 Å². The fraction of sp³-hybridized carbons (Fsp3) is 0.379. The minimum atomic E-state index is -3.03. The smallest absolute Gasteiger partial charge is 0.387 e. The molecule has 1 unspecified atom stereocenters. The second kappa shape index (κ2) is 14.1. The molecular weight excluding hydrogens is 590 g/mol. The van der Waals surface area contributed by atoms with Gasteiger partial charge in [-0.15, -0.1) is 9.24 Å². The molecule has 10 nitrogen and oxygen atoms in total. The number of hydrogen-bond donors (Lipinski definition) is 0. The van der Waals surface area contributed by atoms with Crippen LogP contribution in [-0.4, -0.2) is 69.2 Å². The van der Waals surface area contributed by atoms with Gasteiger partial charge >= 0.3 is 6.61 Å². The van der Waals surface area contributed by atoms with Crippen LogP contribution in [0.1, 0.15) is 34.3 Å². The fourth-order valence-corrected chi connectivity index (χ4v) is 5.76. The lowest BCUT2D eigenvalue weighted by Crippen LogP contribution is -2.38. The lowest BCUT2D eigenvalue weighted by molar-refractivity contribution is -0.120. The normalized spacial score (nSPS) is 16.8. The molecule has 0 aliphatic carbocycles. The Balaban J connectivity index is 1.73. The third-order valence-corrected chi connectivity index (χ3v) is 7.68. The van der Waals surface area contributed by atoms with Gasteiger partial charge in [-0.3, -0.25) is 14.4 Å². The molecule has 1 aromatic heterocycles. The number of alkyl halides is 2. The van der Waals surface area contributed by atoms with E-state index in [0.29, 0.717) is 5.30 Å². The SMILES string of the molecule is COCC(COC)n1nccc(N2C[C@@H](c3c(F)cc(OC)cc3P)[C@H](CC(=O)c3ccc(OC(F)F)cc3)C2=O)c1=O. The largest absolute Gasteiger partial charge is 0.497 e. The number of benzene rings is 2. The number of amides is 1. The van der Waals surface area contributed by atoms with Crippen molar-refractivity contribution < 1.29 is 41.7 Å². The molecule has 1 fully saturated rings. The van der Waals surface area contributed by atoms with Crippen LogP contribution in [0.3, 0.4) is 0 Å². The summed E-state index contributed by atoms with van der Waals surface area (Å²) in [6, 6.07) is 8.67. The van der Waals surface area contributed by atoms with Crippen molar-refractivity contribution in [1.29, 1.82) is 0 Å². The zero-order valence-electron chi connectivity index (χ0n) is 23.7. The van der Waals surface area contributed by atoms with Gasteiger partial charge in [0.05, 0.1) is 26.2 Å². The Morgan fingerprint density at radius 2 is 1.72 bits per heavy atom. The zero-order chi connectivity index (χ0) is 31.3. The number of carbonyl (C=O) groups excluding carboxylic acids is 2. The summed E-state index contributed by atoms with van der Waals surface area (Å²) in [5.74, 6) is -3.41. The zero-order valence-corrected chi connectivity index (χ0v) is 24.8. The van der Waals surface area contributed by atoms with E-state index in [4.69, 9.17) is 14.2 Å². The Morgan fingerprint density at radius 1 is 1.05 bits per heavy atom. The summed E-state index contributed by atoms with van der Waals surface area (Å²) in [5, 5.41) is 4.57. The highest BCUT2D eigenvalue weighted by atomic mass is 31.0. The van der Waals surface area contributed by atoms with Crippen LogP contribution in [0.4, 0.5) is 18.9 Å². The van der Waals surface area contributed by atoms with E-state index in [1.807, 2.05) is 0 Å². The number of aromatic nitrogens is 2. The van der Waals surface area contributed by atoms with Crippen molar-refractivity contribution in [3.63, 3.8) is 0 Å². The Morgan fingerprint density at radius 3 is 2.30 bits per heavy atom. The molecule has 0 bridgehead atoms. The van der Waals surface area contributed by atoms with Gasteiger partial charge in [-0.25, -0.2) is 9.07 Å². The molecule has 0 radical (unpaired) electrons. The standard InChI is InChI=1S/C29H31F3N3O7P/c1-39-14-17(15-40-2)35-28(38)23(8-9-33-35)34-13-21(26-22(30)10-19(41-3)11-25(26)43)20(27(34)37)12-24(36)16-4-6-18(7-5-16)42-29(31)32/h4-11,17,20-21,29H,12-15,43H2,1-3H3/t20-,21+/m0/s1. The maximum Gasteiger partial charge on any atom is 0.387 e. The van der Waals surface area contributed by atoms with Crippen LogP contribution in [0.15, 0.2) is 53.5 Å². The highest BCUT2D eigenvalue weighted by Gasteiger charge is 2.45. The van der Waals surface area contributed by atoms with E-state index < -0.39 is 47.6 Å². The molecular formula is C29H31F3N3O7P. The number of anilines is 1. The van der Waals surface area contributed by atoms with Crippen molar-refractivity contribution in [2.45, 2.75) is 25.0 Å². The molecule has 14 heteroatoms. The number of nitrogens with zero attached hydrogens (tertiary/aromatic N) is 3. The third kappa shape index (κ3) is 7.06. The molecule has 1 aliphatic heterocycles. The number of Topliss-reactive ketones (excluding diaryl/α,β-unsaturated/α-hetero) is 1. The summed E-state index contributed by atoms with van der Waals surface area (Å²) in [7, 11) is 6.77. The van der Waals surface area contributed by atoms with Crippen molar-refractivity contribution in [3.8, 4) is 11.5 Å². The number of methoxy groups -OCH3 is 3. The van der Waals surface area contributed by atoms with E-state index >= 15 is 4.39 Å². The molecule has 1 saturated heterocycles. The Labute approximate surface area is 247 Å². The summed E-state index contributed by atoms with van der Waals surface area (Å²) < 4.78 is 61.7. The second-order valence-electron chi connectivity index (χ2n) is 9.83. The number of ketones is 1. The average Bonchev–Trinajstić information content (AvgIpc) is 3.27. The lowest BCUT2D eigenvalue weighted by atomic mass is 9.84. The highest BCUT2D eigenvalue weighted by molar-refractivity contribution is 7.27. The molecule has 3 aromatic rings. The van der Waals surface area contributed by atoms with E-state index in [2.05, 4.69) is 19.1 Å². The predicted octanol–water partition coefficient (Wildman–Crippen LogP) is 3.35. The van der Waals surface area contributed by atoms with Crippen LogP contribution in [-0.2, 0) is 14.3 Å². The molecule has 2 heterocycles. The summed E-state index contributed by atoms with van der Waals surface area (Å²) in [6.07, 6.45) is 1.04. The van der Waals surface area contributed by atoms with Crippen molar-refractivity contribution in [2.24, 2.45) is 5.92 Å². The van der Waals surface area contributed by atoms with E-state index in [-0.39, 0.29) is 54.5 Å². The van der Waals surface area contributed by atoms with Gasteiger partial charge in [0.2, 0.25) is 5.91 Å². The van der Waals surface area contributed by atoms with Crippen LogP contribution < -0.4 is 25.2 Å². The van der Waals surface area contributed by atoms with E-state index in [0.717, 1.165) is 0 Å². The van der Waals surface area contributed by atoms with Crippen LogP contribution in [0.2, 0.25) is 0 Å². The van der Waals surface area contributed by atoms with Gasteiger partial charge in [0, 0.05) is 56.5 Å². The topological polar surface area (TPSA) is 109 Å². The summed E-state index contributed by atoms with van der Waals surface area (Å²) >= 11 is 0.